The lowest BCUT2D eigenvalue weighted by Crippen LogP contribution is -2.48. The number of hydrogen-bond donors (Lipinski definition) is 2. The summed E-state index contributed by atoms with van der Waals surface area (Å²) in [7, 11) is 1.69. The van der Waals surface area contributed by atoms with Crippen LogP contribution in [0.1, 0.15) is 37.7 Å². The van der Waals surface area contributed by atoms with Crippen LogP contribution < -0.4 is 11.3 Å². The number of nitrogens with two attached hydrogens (primary N) is 1. The number of aromatic nitrogens is 1. The maximum Gasteiger partial charge on any atom is 0.247 e. The molecule has 0 bridgehead atoms. The Balaban J connectivity index is 1.47. The van der Waals surface area contributed by atoms with Crippen molar-refractivity contribution < 1.29 is 9.53 Å². The van der Waals surface area contributed by atoms with E-state index in [1.807, 2.05) is 11.0 Å². The molecule has 0 aromatic carbocycles. The van der Waals surface area contributed by atoms with Crippen LogP contribution in [-0.4, -0.2) is 48.1 Å². The van der Waals surface area contributed by atoms with Gasteiger partial charge in [0.15, 0.2) is 0 Å². The molecule has 3 N–H and O–H groups in total. The van der Waals surface area contributed by atoms with E-state index < -0.39 is 0 Å². The molecule has 25 heavy (non-hydrogen) atoms. The van der Waals surface area contributed by atoms with E-state index in [0.29, 0.717) is 5.92 Å². The minimum Gasteiger partial charge on any atom is -0.380 e. The first-order valence-corrected chi connectivity index (χ1v) is 9.31. The number of aromatic amines is 1. The lowest BCUT2D eigenvalue weighted by Gasteiger charge is -2.38. The third-order valence-corrected chi connectivity index (χ3v) is 5.79. The first kappa shape index (κ1) is 18.1. The summed E-state index contributed by atoms with van der Waals surface area (Å²) in [5.41, 5.74) is 7.24. The predicted molar refractivity (Wildman–Crippen MR) is 96.2 cm³/mol. The maximum absolute atomic E-state index is 12.8. The van der Waals surface area contributed by atoms with Gasteiger partial charge in [-0.3, -0.25) is 9.59 Å². The Bertz CT molecular complexity index is 617. The molecule has 2 aliphatic rings. The predicted octanol–water partition coefficient (Wildman–Crippen LogP) is 1.30. The van der Waals surface area contributed by atoms with Gasteiger partial charge in [-0.25, -0.2) is 0 Å². The minimum atomic E-state index is -0.0643. The van der Waals surface area contributed by atoms with Crippen LogP contribution in [0.4, 0.5) is 0 Å². The fraction of sp³-hybridized carbons (Fsp3) is 0.684. The van der Waals surface area contributed by atoms with Crippen LogP contribution in [0.5, 0.6) is 0 Å². The molecule has 0 unspecified atom stereocenters. The quantitative estimate of drug-likeness (QED) is 0.859. The van der Waals surface area contributed by atoms with Crippen molar-refractivity contribution in [1.29, 1.82) is 0 Å². The van der Waals surface area contributed by atoms with Crippen molar-refractivity contribution in [2.24, 2.45) is 17.6 Å². The zero-order valence-electron chi connectivity index (χ0n) is 14.9. The highest BCUT2D eigenvalue weighted by Gasteiger charge is 2.35. The molecule has 138 valence electrons. The Hall–Kier alpha value is -1.66. The number of piperidine rings is 1. The number of rotatable bonds is 4. The van der Waals surface area contributed by atoms with Gasteiger partial charge in [-0.05, 0) is 50.0 Å². The van der Waals surface area contributed by atoms with E-state index in [4.69, 9.17) is 10.5 Å². The highest BCUT2D eigenvalue weighted by atomic mass is 16.5. The Labute approximate surface area is 148 Å². The summed E-state index contributed by atoms with van der Waals surface area (Å²) in [4.78, 5) is 28.7. The first-order valence-electron chi connectivity index (χ1n) is 9.31. The minimum absolute atomic E-state index is 0.0366. The average Bonchev–Trinajstić information content (AvgIpc) is 2.63. The number of ether oxygens (including phenoxy) is 1. The van der Waals surface area contributed by atoms with Gasteiger partial charge in [-0.15, -0.1) is 0 Å². The van der Waals surface area contributed by atoms with Gasteiger partial charge < -0.3 is 20.4 Å². The number of carbonyl (C=O) groups is 1. The van der Waals surface area contributed by atoms with Gasteiger partial charge in [0.05, 0.1) is 6.10 Å². The fourth-order valence-electron chi connectivity index (χ4n) is 4.21. The van der Waals surface area contributed by atoms with Gasteiger partial charge in [0.2, 0.25) is 11.5 Å². The summed E-state index contributed by atoms with van der Waals surface area (Å²) in [6, 6.07) is 3.44. The molecule has 1 aliphatic carbocycles. The smallest absolute Gasteiger partial charge is 0.247 e. The van der Waals surface area contributed by atoms with Crippen LogP contribution >= 0.6 is 0 Å². The maximum atomic E-state index is 12.8. The normalized spacial score (nSPS) is 28.1. The van der Waals surface area contributed by atoms with Crippen molar-refractivity contribution in [3.63, 3.8) is 0 Å². The van der Waals surface area contributed by atoms with Gasteiger partial charge in [-0.1, -0.05) is 6.07 Å². The molecule has 6 heteroatoms. The third kappa shape index (κ3) is 4.50. The number of nitrogens with one attached hydrogen (secondary N) is 1. The van der Waals surface area contributed by atoms with E-state index in [1.165, 1.54) is 0 Å². The van der Waals surface area contributed by atoms with Gasteiger partial charge in [-0.2, -0.15) is 0 Å². The summed E-state index contributed by atoms with van der Waals surface area (Å²) < 4.78 is 5.38. The Morgan fingerprint density at radius 1 is 1.28 bits per heavy atom. The number of hydrogen-bond acceptors (Lipinski definition) is 4. The van der Waals surface area contributed by atoms with Crippen molar-refractivity contribution in [2.45, 2.75) is 50.7 Å². The SMILES string of the molecule is CO[C@@H]1CC[C@H](C(=O)N2CCC(Cc3ccc(=O)[nH]c3)CC2)C[C@H]1N. The molecular formula is C19H29N3O3. The van der Waals surface area contributed by atoms with Crippen LogP contribution in [0.15, 0.2) is 23.1 Å². The second-order valence-corrected chi connectivity index (χ2v) is 7.48. The summed E-state index contributed by atoms with van der Waals surface area (Å²) in [6.07, 6.45) is 7.37. The summed E-state index contributed by atoms with van der Waals surface area (Å²) in [5.74, 6) is 0.895. The number of pyridine rings is 1. The molecule has 0 radical (unpaired) electrons. The van der Waals surface area contributed by atoms with Crippen molar-refractivity contribution in [3.05, 3.63) is 34.2 Å². The van der Waals surface area contributed by atoms with Crippen molar-refractivity contribution in [2.75, 3.05) is 20.2 Å². The van der Waals surface area contributed by atoms with Crippen molar-refractivity contribution in [1.82, 2.24) is 9.88 Å². The highest BCUT2D eigenvalue weighted by molar-refractivity contribution is 5.79. The lowest BCUT2D eigenvalue weighted by molar-refractivity contribution is -0.139. The zero-order chi connectivity index (χ0) is 17.8. The number of H-pyrrole nitrogens is 1. The van der Waals surface area contributed by atoms with E-state index in [0.717, 1.165) is 57.2 Å². The first-order chi connectivity index (χ1) is 12.1. The zero-order valence-corrected chi connectivity index (χ0v) is 14.9. The van der Waals surface area contributed by atoms with Crippen molar-refractivity contribution in [3.8, 4) is 0 Å². The van der Waals surface area contributed by atoms with E-state index in [1.54, 1.807) is 19.4 Å². The molecule has 1 aliphatic heterocycles. The summed E-state index contributed by atoms with van der Waals surface area (Å²) >= 11 is 0. The molecule has 1 saturated carbocycles. The second kappa shape index (κ2) is 8.15. The van der Waals surface area contributed by atoms with Gasteiger partial charge in [0.1, 0.15) is 0 Å². The van der Waals surface area contributed by atoms with Gasteiger partial charge >= 0.3 is 0 Å². The lowest BCUT2D eigenvalue weighted by atomic mass is 9.82. The molecule has 2 fully saturated rings. The third-order valence-electron chi connectivity index (χ3n) is 5.79. The number of likely N-dealkylation sites (tertiary alicyclic amines) is 1. The standard InChI is InChI=1S/C19H29N3O3/c1-25-17-4-3-15(11-16(17)20)19(24)22-8-6-13(7-9-22)10-14-2-5-18(23)21-12-14/h2,5,12-13,15-17H,3-4,6-11,20H2,1H3,(H,21,23)/t15-,16+,17+/m0/s1. The molecule has 3 rings (SSSR count). The number of methoxy groups -OCH3 is 1. The molecule has 1 aromatic rings. The Kier molecular flexibility index (Phi) is 5.91. The monoisotopic (exact) mass is 347 g/mol. The van der Waals surface area contributed by atoms with Crippen LogP contribution in [0.25, 0.3) is 0 Å². The molecule has 2 heterocycles. The van der Waals surface area contributed by atoms with Gasteiger partial charge in [0, 0.05) is 44.4 Å². The molecular weight excluding hydrogens is 318 g/mol. The van der Waals surface area contributed by atoms with E-state index in [9.17, 15) is 9.59 Å². The molecule has 3 atom stereocenters. The molecule has 6 nitrogen and oxygen atoms in total. The van der Waals surface area contributed by atoms with Crippen molar-refractivity contribution >= 4 is 5.91 Å². The number of carbonyl (C=O) groups excluding carboxylic acids is 1. The highest BCUT2D eigenvalue weighted by Crippen LogP contribution is 2.29. The van der Waals surface area contributed by atoms with Gasteiger partial charge in [0.25, 0.3) is 0 Å². The van der Waals surface area contributed by atoms with E-state index in [-0.39, 0.29) is 29.5 Å². The van der Waals surface area contributed by atoms with Crippen LogP contribution in [0.3, 0.4) is 0 Å². The molecule has 1 saturated heterocycles. The molecule has 0 spiro atoms. The average molecular weight is 347 g/mol. The van der Waals surface area contributed by atoms with Crippen LogP contribution in [0, 0.1) is 11.8 Å². The topological polar surface area (TPSA) is 88.4 Å². The number of nitrogens with zero attached hydrogens (tertiary/aromatic N) is 1. The largest absolute Gasteiger partial charge is 0.380 e. The molecule has 1 aromatic heterocycles. The summed E-state index contributed by atoms with van der Waals surface area (Å²) in [5, 5.41) is 0. The fourth-order valence-corrected chi connectivity index (χ4v) is 4.21. The number of amides is 1. The van der Waals surface area contributed by atoms with E-state index in [2.05, 4.69) is 4.98 Å². The van der Waals surface area contributed by atoms with Crippen LogP contribution in [-0.2, 0) is 16.0 Å². The summed E-state index contributed by atoms with van der Waals surface area (Å²) in [6.45, 7) is 1.65. The molecule has 1 amide bonds. The second-order valence-electron chi connectivity index (χ2n) is 7.48. The van der Waals surface area contributed by atoms with Crippen LogP contribution in [0.2, 0.25) is 0 Å². The van der Waals surface area contributed by atoms with E-state index >= 15 is 0 Å². The Morgan fingerprint density at radius 3 is 2.64 bits per heavy atom. The Morgan fingerprint density at radius 2 is 2.04 bits per heavy atom.